The summed E-state index contributed by atoms with van der Waals surface area (Å²) in [4.78, 5) is 0. The summed E-state index contributed by atoms with van der Waals surface area (Å²) in [5, 5.41) is 17.8. The van der Waals surface area contributed by atoms with E-state index in [1.807, 2.05) is 0 Å². The van der Waals surface area contributed by atoms with E-state index in [0.717, 1.165) is 17.4 Å². The lowest BCUT2D eigenvalue weighted by molar-refractivity contribution is -0.139. The first-order valence-electron chi connectivity index (χ1n) is 9.14. The van der Waals surface area contributed by atoms with Crippen molar-refractivity contribution in [1.82, 2.24) is 10.2 Å². The van der Waals surface area contributed by atoms with Gasteiger partial charge in [-0.2, -0.15) is 13.2 Å². The number of aliphatic hydroxyl groups excluding tert-OH is 1. The van der Waals surface area contributed by atoms with E-state index in [2.05, 4.69) is 10.2 Å². The molecule has 0 amide bonds. The molecule has 0 fully saturated rings. The predicted octanol–water partition coefficient (Wildman–Crippen LogP) is 3.70. The van der Waals surface area contributed by atoms with Gasteiger partial charge in [-0.3, -0.25) is 0 Å². The van der Waals surface area contributed by atoms with Crippen molar-refractivity contribution in [3.05, 3.63) is 52.5 Å². The fourth-order valence-electron chi connectivity index (χ4n) is 2.84. The average Bonchev–Trinajstić information content (AvgIpc) is 3.41. The molecule has 2 aromatic carbocycles. The van der Waals surface area contributed by atoms with Crippen molar-refractivity contribution in [1.29, 1.82) is 0 Å². The second kappa shape index (κ2) is 7.98. The predicted molar refractivity (Wildman–Crippen MR) is 106 cm³/mol. The normalized spacial score (nSPS) is 15.0. The van der Waals surface area contributed by atoms with E-state index in [9.17, 15) is 18.3 Å². The summed E-state index contributed by atoms with van der Waals surface area (Å²) in [6.07, 6.45) is -4.64. The standard InChI is InChI=1S/C20H18F3N3O4S/c1-19(24,9-27)18-26-25-17(31-18)12-3-5-14(13(7-12)20(21,22)23)28-8-11-2-4-15-16(6-11)30-10-29-15/h2-7,27H,8-10,24H2,1H3/t19-/m0/s1. The molecule has 2 heterocycles. The Balaban J connectivity index is 1.59. The molecule has 0 bridgehead atoms. The molecule has 0 radical (unpaired) electrons. The van der Waals surface area contributed by atoms with Crippen LogP contribution in [0.1, 0.15) is 23.1 Å². The number of aliphatic hydroxyl groups is 1. The summed E-state index contributed by atoms with van der Waals surface area (Å²) in [6.45, 7) is 1.21. The van der Waals surface area contributed by atoms with Crippen molar-refractivity contribution in [3.8, 4) is 27.8 Å². The van der Waals surface area contributed by atoms with Gasteiger partial charge < -0.3 is 25.1 Å². The number of aromatic nitrogens is 2. The number of benzene rings is 2. The molecular weight excluding hydrogens is 435 g/mol. The van der Waals surface area contributed by atoms with E-state index in [0.29, 0.717) is 22.1 Å². The number of rotatable bonds is 6. The molecule has 7 nitrogen and oxygen atoms in total. The highest BCUT2D eigenvalue weighted by Gasteiger charge is 2.35. The highest BCUT2D eigenvalue weighted by atomic mass is 32.1. The monoisotopic (exact) mass is 453 g/mol. The Morgan fingerprint density at radius 1 is 1.13 bits per heavy atom. The molecule has 11 heteroatoms. The molecule has 164 valence electrons. The SMILES string of the molecule is C[C@](N)(CO)c1nnc(-c2ccc(OCc3ccc4c(c3)OCO4)c(C(F)(F)F)c2)s1. The van der Waals surface area contributed by atoms with Gasteiger partial charge in [0, 0.05) is 5.56 Å². The minimum atomic E-state index is -4.64. The van der Waals surface area contributed by atoms with Crippen LogP contribution < -0.4 is 19.9 Å². The van der Waals surface area contributed by atoms with Crippen LogP contribution in [0.4, 0.5) is 13.2 Å². The highest BCUT2D eigenvalue weighted by Crippen LogP contribution is 2.40. The third-order valence-corrected chi connectivity index (χ3v) is 5.86. The molecule has 1 aromatic heterocycles. The molecule has 3 aromatic rings. The maximum absolute atomic E-state index is 13.7. The van der Waals surface area contributed by atoms with Crippen LogP contribution in [0.15, 0.2) is 36.4 Å². The summed E-state index contributed by atoms with van der Waals surface area (Å²) in [7, 11) is 0. The summed E-state index contributed by atoms with van der Waals surface area (Å²) < 4.78 is 57.1. The fourth-order valence-corrected chi connectivity index (χ4v) is 3.73. The Bertz CT molecular complexity index is 1100. The van der Waals surface area contributed by atoms with E-state index >= 15 is 0 Å². The minimum Gasteiger partial charge on any atom is -0.488 e. The molecule has 0 unspecified atom stereocenters. The maximum atomic E-state index is 13.7. The topological polar surface area (TPSA) is 99.7 Å². The quantitative estimate of drug-likeness (QED) is 0.587. The van der Waals surface area contributed by atoms with Crippen LogP contribution in [0.2, 0.25) is 0 Å². The molecule has 3 N–H and O–H groups in total. The molecule has 1 aliphatic heterocycles. The highest BCUT2D eigenvalue weighted by molar-refractivity contribution is 7.14. The van der Waals surface area contributed by atoms with Gasteiger partial charge in [0.15, 0.2) is 11.5 Å². The lowest BCUT2D eigenvalue weighted by Gasteiger charge is -2.17. The zero-order valence-corrected chi connectivity index (χ0v) is 17.1. The summed E-state index contributed by atoms with van der Waals surface area (Å²) >= 11 is 1.02. The van der Waals surface area contributed by atoms with Crippen molar-refractivity contribution in [3.63, 3.8) is 0 Å². The van der Waals surface area contributed by atoms with Crippen LogP contribution in [0.3, 0.4) is 0 Å². The fraction of sp³-hybridized carbons (Fsp3) is 0.300. The van der Waals surface area contributed by atoms with Gasteiger partial charge in [0.1, 0.15) is 22.4 Å². The number of ether oxygens (including phenoxy) is 3. The third-order valence-electron chi connectivity index (χ3n) is 4.61. The number of nitrogens with two attached hydrogens (primary N) is 1. The van der Waals surface area contributed by atoms with E-state index in [4.69, 9.17) is 19.9 Å². The Hall–Kier alpha value is -2.89. The Labute approximate surface area is 179 Å². The van der Waals surface area contributed by atoms with Gasteiger partial charge in [-0.25, -0.2) is 0 Å². The van der Waals surface area contributed by atoms with Crippen LogP contribution in [0, 0.1) is 0 Å². The van der Waals surface area contributed by atoms with Crippen LogP contribution in [0.25, 0.3) is 10.6 Å². The summed E-state index contributed by atoms with van der Waals surface area (Å²) in [5.74, 6) is 0.794. The number of hydrogen-bond acceptors (Lipinski definition) is 8. The molecule has 0 saturated carbocycles. The summed E-state index contributed by atoms with van der Waals surface area (Å²) in [6, 6.07) is 8.73. The first-order valence-corrected chi connectivity index (χ1v) is 9.96. The first-order chi connectivity index (χ1) is 14.7. The number of fused-ring (bicyclic) bond motifs is 1. The molecule has 1 atom stereocenters. The minimum absolute atomic E-state index is 0.0793. The zero-order chi connectivity index (χ0) is 22.2. The van der Waals surface area contributed by atoms with E-state index < -0.39 is 17.3 Å². The van der Waals surface area contributed by atoms with Crippen molar-refractivity contribution in [2.75, 3.05) is 13.4 Å². The molecule has 4 rings (SSSR count). The number of hydrogen-bond donors (Lipinski definition) is 2. The van der Waals surface area contributed by atoms with Crippen LogP contribution in [0.5, 0.6) is 17.2 Å². The van der Waals surface area contributed by atoms with Gasteiger partial charge in [-0.05, 0) is 42.8 Å². The lowest BCUT2D eigenvalue weighted by atomic mass is 10.1. The molecular formula is C20H18F3N3O4S. The van der Waals surface area contributed by atoms with Crippen molar-refractivity contribution in [2.45, 2.75) is 25.2 Å². The van der Waals surface area contributed by atoms with Gasteiger partial charge in [-0.15, -0.1) is 10.2 Å². The van der Waals surface area contributed by atoms with E-state index in [1.165, 1.54) is 12.1 Å². The Morgan fingerprint density at radius 2 is 1.90 bits per heavy atom. The first kappa shape index (κ1) is 21.3. The molecule has 1 aliphatic rings. The lowest BCUT2D eigenvalue weighted by Crippen LogP contribution is -2.36. The van der Waals surface area contributed by atoms with Crippen LogP contribution >= 0.6 is 11.3 Å². The molecule has 0 aliphatic carbocycles. The second-order valence-electron chi connectivity index (χ2n) is 7.17. The van der Waals surface area contributed by atoms with Gasteiger partial charge in [0.2, 0.25) is 6.79 Å². The number of halogens is 3. The van der Waals surface area contributed by atoms with Crippen molar-refractivity contribution in [2.24, 2.45) is 5.73 Å². The number of nitrogens with zero attached hydrogens (tertiary/aromatic N) is 2. The van der Waals surface area contributed by atoms with E-state index in [-0.39, 0.29) is 36.3 Å². The van der Waals surface area contributed by atoms with Gasteiger partial charge in [0.25, 0.3) is 0 Å². The average molecular weight is 453 g/mol. The molecule has 31 heavy (non-hydrogen) atoms. The largest absolute Gasteiger partial charge is 0.488 e. The Morgan fingerprint density at radius 3 is 2.65 bits per heavy atom. The number of alkyl halides is 3. The van der Waals surface area contributed by atoms with Gasteiger partial charge >= 0.3 is 6.18 Å². The summed E-state index contributed by atoms with van der Waals surface area (Å²) in [5.41, 5.74) is 4.73. The van der Waals surface area contributed by atoms with Crippen LogP contribution in [-0.4, -0.2) is 28.7 Å². The third kappa shape index (κ3) is 4.43. The van der Waals surface area contributed by atoms with E-state index in [1.54, 1.807) is 25.1 Å². The van der Waals surface area contributed by atoms with Gasteiger partial charge in [0.05, 0.1) is 17.7 Å². The van der Waals surface area contributed by atoms with Crippen LogP contribution in [-0.2, 0) is 18.3 Å². The van der Waals surface area contributed by atoms with Crippen molar-refractivity contribution >= 4 is 11.3 Å². The molecule has 0 spiro atoms. The smallest absolute Gasteiger partial charge is 0.419 e. The Kier molecular flexibility index (Phi) is 5.50. The van der Waals surface area contributed by atoms with Crippen molar-refractivity contribution < 1.29 is 32.5 Å². The second-order valence-corrected chi connectivity index (χ2v) is 8.15. The molecule has 0 saturated heterocycles. The zero-order valence-electron chi connectivity index (χ0n) is 16.3. The maximum Gasteiger partial charge on any atom is 0.419 e. The van der Waals surface area contributed by atoms with Gasteiger partial charge in [-0.1, -0.05) is 17.4 Å².